The van der Waals surface area contributed by atoms with Gasteiger partial charge >= 0.3 is 0 Å². The quantitative estimate of drug-likeness (QED) is 0.710. The fraction of sp³-hybridized carbons (Fsp3) is 0.769. The Morgan fingerprint density at radius 2 is 2.31 bits per heavy atom. The normalized spacial score (nSPS) is 25.5. The van der Waals surface area contributed by atoms with Gasteiger partial charge in [-0.15, -0.1) is 12.3 Å². The first-order valence-electron chi connectivity index (χ1n) is 5.97. The third kappa shape index (κ3) is 3.24. The van der Waals surface area contributed by atoms with Crippen molar-refractivity contribution in [3.05, 3.63) is 0 Å². The molecule has 2 unspecified atom stereocenters. The molecule has 2 atom stereocenters. The molecule has 90 valence electrons. The van der Waals surface area contributed by atoms with Crippen molar-refractivity contribution in [3.8, 4) is 12.3 Å². The molecule has 0 aromatic heterocycles. The van der Waals surface area contributed by atoms with E-state index in [1.54, 1.807) is 0 Å². The SMILES string of the molecule is C#CCC(N)C(=O)NC1CCCCC1(C)C. The van der Waals surface area contributed by atoms with Gasteiger partial charge in [-0.2, -0.15) is 0 Å². The van der Waals surface area contributed by atoms with E-state index < -0.39 is 6.04 Å². The Hall–Kier alpha value is -1.01. The highest BCUT2D eigenvalue weighted by Gasteiger charge is 2.33. The molecule has 3 N–H and O–H groups in total. The van der Waals surface area contributed by atoms with Gasteiger partial charge in [-0.25, -0.2) is 0 Å². The van der Waals surface area contributed by atoms with Crippen LogP contribution in [0.3, 0.4) is 0 Å². The van der Waals surface area contributed by atoms with Crippen LogP contribution in [0.1, 0.15) is 46.0 Å². The summed E-state index contributed by atoms with van der Waals surface area (Å²) in [6, 6.07) is -0.333. The molecular formula is C13H22N2O. The molecule has 0 aromatic rings. The second-order valence-electron chi connectivity index (χ2n) is 5.31. The Kier molecular flexibility index (Phi) is 4.37. The molecule has 3 heteroatoms. The minimum absolute atomic E-state index is 0.113. The van der Waals surface area contributed by atoms with Gasteiger partial charge in [-0.1, -0.05) is 26.7 Å². The molecule has 1 aliphatic rings. The van der Waals surface area contributed by atoms with Gasteiger partial charge < -0.3 is 11.1 Å². The fourth-order valence-electron chi connectivity index (χ4n) is 2.26. The van der Waals surface area contributed by atoms with Gasteiger partial charge in [-0.3, -0.25) is 4.79 Å². The summed E-state index contributed by atoms with van der Waals surface area (Å²) in [6.07, 6.45) is 10.1. The first-order chi connectivity index (χ1) is 7.47. The Labute approximate surface area is 98.2 Å². The Bertz CT molecular complexity index is 291. The van der Waals surface area contributed by atoms with Crippen LogP contribution >= 0.6 is 0 Å². The van der Waals surface area contributed by atoms with Crippen molar-refractivity contribution in [3.63, 3.8) is 0 Å². The van der Waals surface area contributed by atoms with Crippen LogP contribution in [0.5, 0.6) is 0 Å². The maximum atomic E-state index is 11.8. The average molecular weight is 222 g/mol. The largest absolute Gasteiger partial charge is 0.351 e. The van der Waals surface area contributed by atoms with Gasteiger partial charge in [-0.05, 0) is 18.3 Å². The van der Waals surface area contributed by atoms with Crippen molar-refractivity contribution in [2.45, 2.75) is 58.0 Å². The minimum atomic E-state index is -0.567. The monoisotopic (exact) mass is 222 g/mol. The van der Waals surface area contributed by atoms with Gasteiger partial charge in [0.05, 0.1) is 6.04 Å². The first kappa shape index (κ1) is 13.1. The molecule has 0 aliphatic heterocycles. The van der Waals surface area contributed by atoms with Crippen LogP contribution in [0, 0.1) is 17.8 Å². The van der Waals surface area contributed by atoms with E-state index in [0.717, 1.165) is 12.8 Å². The predicted octanol–water partition coefficient (Wildman–Crippen LogP) is 1.42. The first-order valence-corrected chi connectivity index (χ1v) is 5.97. The van der Waals surface area contributed by atoms with E-state index in [2.05, 4.69) is 25.1 Å². The molecule has 0 aromatic carbocycles. The molecule has 1 aliphatic carbocycles. The summed E-state index contributed by atoms with van der Waals surface area (Å²) in [6.45, 7) is 4.40. The Morgan fingerprint density at radius 1 is 1.62 bits per heavy atom. The van der Waals surface area contributed by atoms with E-state index >= 15 is 0 Å². The van der Waals surface area contributed by atoms with E-state index in [9.17, 15) is 4.79 Å². The molecular weight excluding hydrogens is 200 g/mol. The number of carbonyl (C=O) groups excluding carboxylic acids is 1. The summed E-state index contributed by atoms with van der Waals surface area (Å²) in [5.74, 6) is 2.31. The lowest BCUT2D eigenvalue weighted by atomic mass is 9.73. The van der Waals surface area contributed by atoms with Gasteiger partial charge in [0, 0.05) is 12.5 Å². The van der Waals surface area contributed by atoms with Gasteiger partial charge in [0.25, 0.3) is 0 Å². The zero-order valence-corrected chi connectivity index (χ0v) is 10.3. The molecule has 1 rings (SSSR count). The minimum Gasteiger partial charge on any atom is -0.351 e. The summed E-state index contributed by atoms with van der Waals surface area (Å²) in [5, 5.41) is 3.03. The third-order valence-electron chi connectivity index (χ3n) is 3.50. The smallest absolute Gasteiger partial charge is 0.238 e. The number of carbonyl (C=O) groups is 1. The molecule has 3 nitrogen and oxygen atoms in total. The van der Waals surface area contributed by atoms with Crippen LogP contribution in [0.4, 0.5) is 0 Å². The molecule has 0 radical (unpaired) electrons. The molecule has 0 spiro atoms. The predicted molar refractivity (Wildman–Crippen MR) is 65.6 cm³/mol. The highest BCUT2D eigenvalue weighted by molar-refractivity contribution is 5.82. The van der Waals surface area contributed by atoms with E-state index in [1.807, 2.05) is 0 Å². The van der Waals surface area contributed by atoms with Crippen LogP contribution in [-0.2, 0) is 4.79 Å². The maximum absolute atomic E-state index is 11.8. The lowest BCUT2D eigenvalue weighted by Crippen LogP contribution is -2.51. The summed E-state index contributed by atoms with van der Waals surface area (Å²) < 4.78 is 0. The second kappa shape index (κ2) is 5.36. The number of nitrogens with two attached hydrogens (primary N) is 1. The Morgan fingerprint density at radius 3 is 2.88 bits per heavy atom. The summed E-state index contributed by atoms with van der Waals surface area (Å²) in [4.78, 5) is 11.8. The summed E-state index contributed by atoms with van der Waals surface area (Å²) >= 11 is 0. The van der Waals surface area contributed by atoms with Gasteiger partial charge in [0.15, 0.2) is 0 Å². The topological polar surface area (TPSA) is 55.1 Å². The van der Waals surface area contributed by atoms with Crippen molar-refractivity contribution < 1.29 is 4.79 Å². The number of amides is 1. The van der Waals surface area contributed by atoms with Crippen molar-refractivity contribution in [2.24, 2.45) is 11.1 Å². The van der Waals surface area contributed by atoms with Crippen molar-refractivity contribution in [2.75, 3.05) is 0 Å². The molecule has 16 heavy (non-hydrogen) atoms. The van der Waals surface area contributed by atoms with Crippen LogP contribution in [0.2, 0.25) is 0 Å². The van der Waals surface area contributed by atoms with Gasteiger partial charge in [0.2, 0.25) is 5.91 Å². The Balaban J connectivity index is 2.53. The molecule has 0 heterocycles. The number of hydrogen-bond acceptors (Lipinski definition) is 2. The molecule has 0 bridgehead atoms. The molecule has 1 saturated carbocycles. The molecule has 1 fully saturated rings. The van der Waals surface area contributed by atoms with E-state index in [0.29, 0.717) is 6.42 Å². The second-order valence-corrected chi connectivity index (χ2v) is 5.31. The average Bonchev–Trinajstić information content (AvgIpc) is 2.21. The van der Waals surface area contributed by atoms with Crippen LogP contribution < -0.4 is 11.1 Å². The zero-order valence-electron chi connectivity index (χ0n) is 10.3. The van der Waals surface area contributed by atoms with E-state index in [1.165, 1.54) is 12.8 Å². The molecule has 1 amide bonds. The number of hydrogen-bond donors (Lipinski definition) is 2. The molecule has 0 saturated heterocycles. The highest BCUT2D eigenvalue weighted by atomic mass is 16.2. The third-order valence-corrected chi connectivity index (χ3v) is 3.50. The van der Waals surface area contributed by atoms with Crippen LogP contribution in [0.15, 0.2) is 0 Å². The van der Waals surface area contributed by atoms with Crippen LogP contribution in [0.25, 0.3) is 0 Å². The number of rotatable bonds is 3. The maximum Gasteiger partial charge on any atom is 0.238 e. The van der Waals surface area contributed by atoms with Crippen LogP contribution in [-0.4, -0.2) is 18.0 Å². The fourth-order valence-corrected chi connectivity index (χ4v) is 2.26. The number of terminal acetylenes is 1. The van der Waals surface area contributed by atoms with Crippen molar-refractivity contribution in [1.82, 2.24) is 5.32 Å². The van der Waals surface area contributed by atoms with Gasteiger partial charge in [0.1, 0.15) is 0 Å². The van der Waals surface area contributed by atoms with Crippen molar-refractivity contribution >= 4 is 5.91 Å². The lowest BCUT2D eigenvalue weighted by Gasteiger charge is -2.39. The summed E-state index contributed by atoms with van der Waals surface area (Å²) in [7, 11) is 0. The zero-order chi connectivity index (χ0) is 12.2. The van der Waals surface area contributed by atoms with E-state index in [4.69, 9.17) is 12.2 Å². The standard InChI is InChI=1S/C13H22N2O/c1-4-7-10(14)12(16)15-11-8-5-6-9-13(11,2)3/h1,10-11H,5-9,14H2,2-3H3,(H,15,16). The highest BCUT2D eigenvalue weighted by Crippen LogP contribution is 2.35. The number of nitrogens with one attached hydrogen (secondary N) is 1. The van der Waals surface area contributed by atoms with E-state index in [-0.39, 0.29) is 17.4 Å². The van der Waals surface area contributed by atoms with Crippen molar-refractivity contribution in [1.29, 1.82) is 0 Å². The lowest BCUT2D eigenvalue weighted by molar-refractivity contribution is -0.124. The summed E-state index contributed by atoms with van der Waals surface area (Å²) in [5.41, 5.74) is 5.85.